The molecule has 1 aliphatic rings. The molecule has 8 heteroatoms. The van der Waals surface area contributed by atoms with Crippen molar-refractivity contribution in [2.24, 2.45) is 0 Å². The standard InChI is InChI=1S/C32H29F2N5O/c1-3-21-12-14-22(15-13-21)30-29-11-8-18-37(29)31-25(27(4-2)36-39(31)24-9-6-5-7-10-24)20-38(30)32(40)35-28-17-16-23(33)19-26(28)34/h5-19,30H,3-4,20H2,1-2H3,(H,35,40). The van der Waals surface area contributed by atoms with Crippen molar-refractivity contribution in [1.82, 2.24) is 19.2 Å². The largest absolute Gasteiger partial charge is 0.323 e. The smallest absolute Gasteiger partial charge is 0.307 e. The lowest BCUT2D eigenvalue weighted by Gasteiger charge is -2.31. The van der Waals surface area contributed by atoms with Gasteiger partial charge in [-0.1, -0.05) is 56.3 Å². The highest BCUT2D eigenvalue weighted by Gasteiger charge is 2.36. The second kappa shape index (κ2) is 10.4. The number of hydrogen-bond donors (Lipinski definition) is 1. The molecular weight excluding hydrogens is 508 g/mol. The number of halogens is 2. The van der Waals surface area contributed by atoms with Gasteiger partial charge in [0.2, 0.25) is 0 Å². The van der Waals surface area contributed by atoms with Gasteiger partial charge in [-0.25, -0.2) is 18.3 Å². The number of benzene rings is 3. The SMILES string of the molecule is CCc1ccc(C2c3cccn3-c3c(c(CC)nn3-c3ccccc3)CN2C(=O)Nc2ccc(F)cc2F)cc1. The van der Waals surface area contributed by atoms with Crippen molar-refractivity contribution in [2.75, 3.05) is 5.32 Å². The molecule has 2 amide bonds. The highest BCUT2D eigenvalue weighted by molar-refractivity contribution is 5.90. The summed E-state index contributed by atoms with van der Waals surface area (Å²) in [6, 6.07) is 24.2. The molecule has 2 aromatic heterocycles. The molecular formula is C32H29F2N5O. The Kier molecular flexibility index (Phi) is 6.67. The van der Waals surface area contributed by atoms with Crippen LogP contribution in [0.3, 0.4) is 0 Å². The monoisotopic (exact) mass is 537 g/mol. The Morgan fingerprint density at radius 1 is 0.950 bits per heavy atom. The topological polar surface area (TPSA) is 55.1 Å². The lowest BCUT2D eigenvalue weighted by molar-refractivity contribution is 0.194. The Morgan fingerprint density at radius 3 is 2.42 bits per heavy atom. The molecule has 0 saturated carbocycles. The molecule has 1 N–H and O–H groups in total. The summed E-state index contributed by atoms with van der Waals surface area (Å²) in [5, 5.41) is 7.65. The fourth-order valence-electron chi connectivity index (χ4n) is 5.41. The molecule has 1 atom stereocenters. The number of fused-ring (bicyclic) bond motifs is 3. The van der Waals surface area contributed by atoms with Gasteiger partial charge in [0.05, 0.1) is 35.3 Å². The first-order chi connectivity index (χ1) is 19.5. The van der Waals surface area contributed by atoms with Crippen LogP contribution < -0.4 is 5.32 Å². The molecule has 1 unspecified atom stereocenters. The lowest BCUT2D eigenvalue weighted by atomic mass is 9.99. The number of nitrogens with zero attached hydrogens (tertiary/aromatic N) is 4. The van der Waals surface area contributed by atoms with Crippen LogP contribution in [0.4, 0.5) is 19.3 Å². The van der Waals surface area contributed by atoms with E-state index in [-0.39, 0.29) is 12.2 Å². The van der Waals surface area contributed by atoms with Crippen LogP contribution in [0.5, 0.6) is 0 Å². The molecule has 6 nitrogen and oxygen atoms in total. The molecule has 1 aliphatic heterocycles. The van der Waals surface area contributed by atoms with Gasteiger partial charge >= 0.3 is 6.03 Å². The van der Waals surface area contributed by atoms with Crippen molar-refractivity contribution in [3.8, 4) is 11.5 Å². The van der Waals surface area contributed by atoms with Crippen molar-refractivity contribution >= 4 is 11.7 Å². The van der Waals surface area contributed by atoms with E-state index in [0.29, 0.717) is 6.42 Å². The van der Waals surface area contributed by atoms with Gasteiger partial charge in [0.15, 0.2) is 0 Å². The number of hydrogen-bond acceptors (Lipinski definition) is 2. The van der Waals surface area contributed by atoms with E-state index in [9.17, 15) is 13.6 Å². The average Bonchev–Trinajstić information content (AvgIpc) is 3.56. The van der Waals surface area contributed by atoms with Crippen LogP contribution in [0.15, 0.2) is 91.1 Å². The van der Waals surface area contributed by atoms with Crippen LogP contribution >= 0.6 is 0 Å². The fourth-order valence-corrected chi connectivity index (χ4v) is 5.41. The summed E-state index contributed by atoms with van der Waals surface area (Å²) in [5.41, 5.74) is 5.59. The Hall–Kier alpha value is -4.72. The predicted molar refractivity (Wildman–Crippen MR) is 151 cm³/mol. The number of urea groups is 1. The third-order valence-electron chi connectivity index (χ3n) is 7.44. The van der Waals surface area contributed by atoms with Gasteiger partial charge in [-0.3, -0.25) is 0 Å². The van der Waals surface area contributed by atoms with Gasteiger partial charge < -0.3 is 14.8 Å². The van der Waals surface area contributed by atoms with Gasteiger partial charge in [0.1, 0.15) is 17.5 Å². The first-order valence-electron chi connectivity index (χ1n) is 13.4. The summed E-state index contributed by atoms with van der Waals surface area (Å²) in [7, 11) is 0. The number of para-hydroxylation sites is 1. The van der Waals surface area contributed by atoms with E-state index in [4.69, 9.17) is 5.10 Å². The normalized spacial score (nSPS) is 14.4. The van der Waals surface area contributed by atoms with Gasteiger partial charge in [-0.05, 0) is 60.4 Å². The molecule has 5 aromatic rings. The molecule has 0 radical (unpaired) electrons. The number of nitrogens with one attached hydrogen (secondary N) is 1. The van der Waals surface area contributed by atoms with E-state index >= 15 is 0 Å². The summed E-state index contributed by atoms with van der Waals surface area (Å²) in [6.07, 6.45) is 3.55. The van der Waals surface area contributed by atoms with Crippen molar-refractivity contribution in [2.45, 2.75) is 39.3 Å². The van der Waals surface area contributed by atoms with Gasteiger partial charge in [0, 0.05) is 17.8 Å². The minimum absolute atomic E-state index is 0.0815. The predicted octanol–water partition coefficient (Wildman–Crippen LogP) is 7.20. The van der Waals surface area contributed by atoms with Crippen LogP contribution in [0, 0.1) is 11.6 Å². The summed E-state index contributed by atoms with van der Waals surface area (Å²) in [5.74, 6) is -0.675. The average molecular weight is 538 g/mol. The molecule has 3 heterocycles. The summed E-state index contributed by atoms with van der Waals surface area (Å²) < 4.78 is 32.2. The van der Waals surface area contributed by atoms with E-state index in [1.165, 1.54) is 11.6 Å². The summed E-state index contributed by atoms with van der Waals surface area (Å²) in [4.78, 5) is 15.7. The Labute approximate surface area is 231 Å². The number of anilines is 1. The van der Waals surface area contributed by atoms with Crippen LogP contribution in [-0.4, -0.2) is 25.3 Å². The summed E-state index contributed by atoms with van der Waals surface area (Å²) in [6.45, 7) is 4.38. The van der Waals surface area contributed by atoms with Crippen LogP contribution in [0.25, 0.3) is 11.5 Å². The lowest BCUT2D eigenvalue weighted by Crippen LogP contribution is -2.38. The van der Waals surface area contributed by atoms with Crippen molar-refractivity contribution in [1.29, 1.82) is 0 Å². The van der Waals surface area contributed by atoms with Crippen molar-refractivity contribution in [3.05, 3.63) is 131 Å². The number of rotatable bonds is 5. The molecule has 202 valence electrons. The Morgan fingerprint density at radius 2 is 1.73 bits per heavy atom. The molecule has 40 heavy (non-hydrogen) atoms. The van der Waals surface area contributed by atoms with Gasteiger partial charge in [-0.15, -0.1) is 0 Å². The second-order valence-corrected chi connectivity index (χ2v) is 9.83. The first-order valence-corrected chi connectivity index (χ1v) is 13.4. The number of amides is 2. The zero-order valence-electron chi connectivity index (χ0n) is 22.3. The highest BCUT2D eigenvalue weighted by atomic mass is 19.1. The van der Waals surface area contributed by atoms with Crippen LogP contribution in [0.2, 0.25) is 0 Å². The molecule has 0 aliphatic carbocycles. The molecule has 6 rings (SSSR count). The molecule has 0 fully saturated rings. The number of aryl methyl sites for hydroxylation is 2. The van der Waals surface area contributed by atoms with E-state index in [0.717, 1.165) is 52.6 Å². The molecule has 3 aromatic carbocycles. The second-order valence-electron chi connectivity index (χ2n) is 9.83. The zero-order valence-corrected chi connectivity index (χ0v) is 22.3. The molecule has 0 spiro atoms. The Bertz CT molecular complexity index is 1670. The van der Waals surface area contributed by atoms with Crippen LogP contribution in [0.1, 0.15) is 48.0 Å². The zero-order chi connectivity index (χ0) is 27.8. The third-order valence-corrected chi connectivity index (χ3v) is 7.44. The maximum atomic E-state index is 14.6. The number of carbonyl (C=O) groups is 1. The minimum Gasteiger partial charge on any atom is -0.307 e. The first kappa shape index (κ1) is 25.6. The third kappa shape index (κ3) is 4.45. The Balaban J connectivity index is 1.54. The van der Waals surface area contributed by atoms with Crippen molar-refractivity contribution < 1.29 is 13.6 Å². The maximum absolute atomic E-state index is 14.6. The van der Waals surface area contributed by atoms with E-state index in [2.05, 4.69) is 28.9 Å². The van der Waals surface area contributed by atoms with Crippen molar-refractivity contribution in [3.63, 3.8) is 0 Å². The maximum Gasteiger partial charge on any atom is 0.323 e. The molecule has 0 bridgehead atoms. The number of carbonyl (C=O) groups excluding carboxylic acids is 1. The van der Waals surface area contributed by atoms with Gasteiger partial charge in [-0.2, -0.15) is 5.10 Å². The van der Waals surface area contributed by atoms with E-state index < -0.39 is 23.7 Å². The fraction of sp³-hybridized carbons (Fsp3) is 0.188. The minimum atomic E-state index is -0.831. The summed E-state index contributed by atoms with van der Waals surface area (Å²) >= 11 is 0. The van der Waals surface area contributed by atoms with E-state index in [1.54, 1.807) is 4.90 Å². The van der Waals surface area contributed by atoms with E-state index in [1.807, 2.05) is 72.4 Å². The van der Waals surface area contributed by atoms with Gasteiger partial charge in [0.25, 0.3) is 0 Å². The highest BCUT2D eigenvalue weighted by Crippen LogP contribution is 2.39. The van der Waals surface area contributed by atoms with Crippen LogP contribution in [-0.2, 0) is 19.4 Å². The quantitative estimate of drug-likeness (QED) is 0.258. The molecule has 0 saturated heterocycles. The number of aromatic nitrogens is 3.